The van der Waals surface area contributed by atoms with E-state index in [2.05, 4.69) is 35.4 Å². The maximum atomic E-state index is 2.73. The van der Waals surface area contributed by atoms with E-state index in [0.717, 1.165) is 5.66 Å². The average Bonchev–Trinajstić information content (AvgIpc) is 1.88. The quantitative estimate of drug-likeness (QED) is 0.504. The van der Waals surface area contributed by atoms with E-state index in [4.69, 9.17) is 0 Å². The van der Waals surface area contributed by atoms with Gasteiger partial charge in [0.05, 0.1) is 0 Å². The van der Waals surface area contributed by atoms with E-state index in [9.17, 15) is 0 Å². The molecule has 0 amide bonds. The fraction of sp³-hybridized carbons (Fsp3) is 1.00. The van der Waals surface area contributed by atoms with E-state index in [1.54, 1.807) is 0 Å². The molecule has 1 rings (SSSR count). The van der Waals surface area contributed by atoms with Gasteiger partial charge in [-0.25, -0.2) is 0 Å². The van der Waals surface area contributed by atoms with Crippen molar-refractivity contribution in [3.8, 4) is 0 Å². The maximum absolute atomic E-state index is 2.73. The number of halogens is 1. The molecule has 0 radical (unpaired) electrons. The van der Waals surface area contributed by atoms with Gasteiger partial charge in [0.2, 0.25) is 0 Å². The zero-order valence-electron chi connectivity index (χ0n) is 6.99. The minimum atomic E-state index is -0.786. The van der Waals surface area contributed by atoms with Crippen LogP contribution in [0.5, 0.6) is 0 Å². The zero-order chi connectivity index (χ0) is 7.61. The van der Waals surface area contributed by atoms with E-state index < -0.39 is 4.90 Å². The van der Waals surface area contributed by atoms with Crippen molar-refractivity contribution in [2.45, 2.75) is 37.8 Å². The number of hydrogen-bond acceptors (Lipinski definition) is 0. The summed E-state index contributed by atoms with van der Waals surface area (Å²) in [6.45, 7) is 5.01. The van der Waals surface area contributed by atoms with Crippen LogP contribution in [-0.2, 0) is 0 Å². The van der Waals surface area contributed by atoms with Crippen molar-refractivity contribution in [1.29, 1.82) is 0 Å². The molecule has 1 fully saturated rings. The van der Waals surface area contributed by atoms with Gasteiger partial charge in [0.1, 0.15) is 0 Å². The zero-order valence-corrected chi connectivity index (χ0v) is 10.1. The summed E-state index contributed by atoms with van der Waals surface area (Å²) in [6, 6.07) is 0. The second-order valence-corrected chi connectivity index (χ2v) is 16.2. The molecule has 0 saturated heterocycles. The molecular weight excluding hydrogens is 254 g/mol. The molecule has 0 nitrogen and oxygen atoms in total. The van der Waals surface area contributed by atoms with Gasteiger partial charge in [0, 0.05) is 0 Å². The van der Waals surface area contributed by atoms with Crippen molar-refractivity contribution in [2.24, 2.45) is 0 Å². The Labute approximate surface area is 78.0 Å². The van der Waals surface area contributed by atoms with Crippen molar-refractivity contribution in [2.75, 3.05) is 13.3 Å². The second-order valence-electron chi connectivity index (χ2n) is 3.90. The molecule has 10 heavy (non-hydrogen) atoms. The van der Waals surface area contributed by atoms with E-state index in [-0.39, 0.29) is 0 Å². The molecule has 0 bridgehead atoms. The standard InChI is InChI=1S/C8H18IP/c1-10(2,9)8-6-4-3-5-7-8/h8,10H,3-7H2,1-2H3. The Bertz CT molecular complexity index is 100. The molecule has 0 aromatic heterocycles. The molecule has 2 heteroatoms. The Hall–Kier alpha value is 1.16. The van der Waals surface area contributed by atoms with Gasteiger partial charge in [-0.3, -0.25) is 0 Å². The van der Waals surface area contributed by atoms with Crippen LogP contribution in [0.3, 0.4) is 0 Å². The van der Waals surface area contributed by atoms with Gasteiger partial charge in [-0.05, 0) is 0 Å². The van der Waals surface area contributed by atoms with Crippen molar-refractivity contribution < 1.29 is 0 Å². The number of rotatable bonds is 1. The van der Waals surface area contributed by atoms with Crippen LogP contribution in [0.4, 0.5) is 0 Å². The van der Waals surface area contributed by atoms with Gasteiger partial charge in [-0.2, -0.15) is 0 Å². The van der Waals surface area contributed by atoms with Crippen LogP contribution < -0.4 is 0 Å². The Kier molecular flexibility index (Phi) is 3.43. The van der Waals surface area contributed by atoms with E-state index in [1.165, 1.54) is 32.1 Å². The van der Waals surface area contributed by atoms with Crippen LogP contribution in [0, 0.1) is 0 Å². The predicted molar refractivity (Wildman–Crippen MR) is 61.1 cm³/mol. The molecule has 0 aromatic carbocycles. The average molecular weight is 272 g/mol. The van der Waals surface area contributed by atoms with Crippen LogP contribution in [0.15, 0.2) is 0 Å². The molecule has 0 N–H and O–H groups in total. The third-order valence-corrected chi connectivity index (χ3v) is 7.74. The Morgan fingerprint density at radius 3 is 1.90 bits per heavy atom. The first-order valence-corrected chi connectivity index (χ1v) is 10.5. The van der Waals surface area contributed by atoms with Crippen molar-refractivity contribution >= 4 is 26.9 Å². The Balaban J connectivity index is 2.39. The van der Waals surface area contributed by atoms with Crippen LogP contribution >= 0.6 is 26.9 Å². The second kappa shape index (κ2) is 3.71. The van der Waals surface area contributed by atoms with Gasteiger partial charge in [0.15, 0.2) is 0 Å². The summed E-state index contributed by atoms with van der Waals surface area (Å²) in [7, 11) is 0. The topological polar surface area (TPSA) is 0 Å². The van der Waals surface area contributed by atoms with E-state index in [0.29, 0.717) is 0 Å². The Morgan fingerprint density at radius 1 is 1.10 bits per heavy atom. The van der Waals surface area contributed by atoms with Gasteiger partial charge in [-0.1, -0.05) is 0 Å². The molecule has 62 valence electrons. The van der Waals surface area contributed by atoms with Crippen LogP contribution in [0.25, 0.3) is 0 Å². The summed E-state index contributed by atoms with van der Waals surface area (Å²) in [5.74, 6) is 0. The number of hydrogen-bond donors (Lipinski definition) is 0. The fourth-order valence-corrected chi connectivity index (χ4v) is 5.44. The fourth-order valence-electron chi connectivity index (χ4n) is 1.79. The first-order chi connectivity index (χ1) is 4.61. The van der Waals surface area contributed by atoms with Gasteiger partial charge < -0.3 is 0 Å². The molecule has 0 heterocycles. The predicted octanol–water partition coefficient (Wildman–Crippen LogP) is 3.68. The van der Waals surface area contributed by atoms with Crippen LogP contribution in [-0.4, -0.2) is 19.0 Å². The molecule has 0 spiro atoms. The van der Waals surface area contributed by atoms with E-state index in [1.807, 2.05) is 0 Å². The van der Waals surface area contributed by atoms with Crippen LogP contribution in [0.2, 0.25) is 0 Å². The summed E-state index contributed by atoms with van der Waals surface area (Å²) < 4.78 is 0. The summed E-state index contributed by atoms with van der Waals surface area (Å²) in [4.78, 5) is -0.786. The summed E-state index contributed by atoms with van der Waals surface area (Å²) in [5.41, 5.74) is 1.13. The minimum absolute atomic E-state index is 0.786. The normalized spacial score (nSPS) is 24.7. The van der Waals surface area contributed by atoms with Crippen LogP contribution in [0.1, 0.15) is 32.1 Å². The monoisotopic (exact) mass is 272 g/mol. The summed E-state index contributed by atoms with van der Waals surface area (Å²) in [6.07, 6.45) is 7.57. The molecule has 0 aromatic rings. The van der Waals surface area contributed by atoms with Crippen molar-refractivity contribution in [3.05, 3.63) is 0 Å². The SMILES string of the molecule is C[PH](C)(I)C1CCCCC1. The molecule has 0 unspecified atom stereocenters. The van der Waals surface area contributed by atoms with Gasteiger partial charge >= 0.3 is 78.0 Å². The third kappa shape index (κ3) is 2.65. The molecule has 1 saturated carbocycles. The first kappa shape index (κ1) is 9.25. The molecular formula is C8H18IP. The van der Waals surface area contributed by atoms with Crippen molar-refractivity contribution in [1.82, 2.24) is 0 Å². The summed E-state index contributed by atoms with van der Waals surface area (Å²) in [5, 5.41) is 0. The third-order valence-electron chi connectivity index (χ3n) is 2.58. The van der Waals surface area contributed by atoms with Crippen molar-refractivity contribution in [3.63, 3.8) is 0 Å². The molecule has 0 aliphatic heterocycles. The van der Waals surface area contributed by atoms with Gasteiger partial charge in [0.25, 0.3) is 0 Å². The van der Waals surface area contributed by atoms with E-state index >= 15 is 0 Å². The summed E-state index contributed by atoms with van der Waals surface area (Å²) >= 11 is 2.73. The van der Waals surface area contributed by atoms with Gasteiger partial charge in [-0.15, -0.1) is 0 Å². The molecule has 1 aliphatic carbocycles. The Morgan fingerprint density at radius 2 is 1.60 bits per heavy atom. The molecule has 1 aliphatic rings. The first-order valence-electron chi connectivity index (χ1n) is 4.29. The molecule has 0 atom stereocenters.